The van der Waals surface area contributed by atoms with Crippen LogP contribution in [0, 0.1) is 11.7 Å². The minimum absolute atomic E-state index is 0.00502. The van der Waals surface area contributed by atoms with Crippen LogP contribution in [0.3, 0.4) is 0 Å². The highest BCUT2D eigenvalue weighted by molar-refractivity contribution is 5.86. The number of piperidine rings is 1. The van der Waals surface area contributed by atoms with Crippen molar-refractivity contribution in [2.75, 3.05) is 0 Å². The first-order valence-electron chi connectivity index (χ1n) is 8.00. The lowest BCUT2D eigenvalue weighted by Gasteiger charge is -2.32. The predicted molar refractivity (Wildman–Crippen MR) is 90.8 cm³/mol. The first-order valence-corrected chi connectivity index (χ1v) is 8.00. The Balaban J connectivity index is 1.82. The summed E-state index contributed by atoms with van der Waals surface area (Å²) in [7, 11) is 0. The van der Waals surface area contributed by atoms with E-state index in [1.54, 1.807) is 18.2 Å². The fraction of sp³-hybridized carbons (Fsp3) is 0.200. The van der Waals surface area contributed by atoms with E-state index in [2.05, 4.69) is 11.9 Å². The van der Waals surface area contributed by atoms with E-state index in [4.69, 9.17) is 4.74 Å². The van der Waals surface area contributed by atoms with Crippen LogP contribution in [0.15, 0.2) is 66.9 Å². The summed E-state index contributed by atoms with van der Waals surface area (Å²) in [4.78, 5) is 24.5. The number of esters is 1. The highest BCUT2D eigenvalue weighted by Crippen LogP contribution is 2.37. The Morgan fingerprint density at radius 3 is 2.56 bits per heavy atom. The van der Waals surface area contributed by atoms with Crippen molar-refractivity contribution in [3.8, 4) is 0 Å². The van der Waals surface area contributed by atoms with Gasteiger partial charge in [0, 0.05) is 18.0 Å². The molecule has 1 fully saturated rings. The highest BCUT2D eigenvalue weighted by atomic mass is 19.1. The molecule has 2 atom stereocenters. The molecule has 25 heavy (non-hydrogen) atoms. The van der Waals surface area contributed by atoms with E-state index in [1.165, 1.54) is 6.07 Å². The molecule has 2 aromatic carbocycles. The molecular formula is C20H18FNO3. The minimum Gasteiger partial charge on any atom is -0.460 e. The second-order valence-corrected chi connectivity index (χ2v) is 5.98. The van der Waals surface area contributed by atoms with Crippen LogP contribution in [0.5, 0.6) is 0 Å². The van der Waals surface area contributed by atoms with Gasteiger partial charge in [0.25, 0.3) is 0 Å². The van der Waals surface area contributed by atoms with Crippen molar-refractivity contribution in [3.05, 3.63) is 83.8 Å². The number of benzene rings is 2. The molecule has 3 rings (SSSR count). The number of hydrogen-bond acceptors (Lipinski definition) is 3. The summed E-state index contributed by atoms with van der Waals surface area (Å²) in [6.07, 6.45) is 0.00502. The van der Waals surface area contributed by atoms with Crippen LogP contribution in [0.2, 0.25) is 0 Å². The first kappa shape index (κ1) is 16.9. The number of amides is 1. The van der Waals surface area contributed by atoms with E-state index in [-0.39, 0.29) is 24.6 Å². The fourth-order valence-corrected chi connectivity index (χ4v) is 3.06. The minimum atomic E-state index is -0.821. The molecule has 0 bridgehead atoms. The third kappa shape index (κ3) is 3.76. The van der Waals surface area contributed by atoms with Crippen molar-refractivity contribution in [3.63, 3.8) is 0 Å². The molecule has 0 radical (unpaired) electrons. The summed E-state index contributed by atoms with van der Waals surface area (Å²) in [5.74, 6) is -2.72. The lowest BCUT2D eigenvalue weighted by Crippen LogP contribution is -2.41. The van der Waals surface area contributed by atoms with Gasteiger partial charge in [-0.05, 0) is 17.2 Å². The zero-order valence-electron chi connectivity index (χ0n) is 13.6. The van der Waals surface area contributed by atoms with Gasteiger partial charge in [0.2, 0.25) is 5.91 Å². The van der Waals surface area contributed by atoms with Crippen molar-refractivity contribution in [2.45, 2.75) is 18.9 Å². The molecule has 0 aromatic heterocycles. The van der Waals surface area contributed by atoms with Crippen LogP contribution >= 0.6 is 0 Å². The quantitative estimate of drug-likeness (QED) is 0.870. The van der Waals surface area contributed by atoms with Gasteiger partial charge >= 0.3 is 5.97 Å². The number of hydrogen-bond donors (Lipinski definition) is 1. The predicted octanol–water partition coefficient (Wildman–Crippen LogP) is 3.30. The zero-order valence-corrected chi connectivity index (χ0v) is 13.6. The Labute approximate surface area is 145 Å². The van der Waals surface area contributed by atoms with Gasteiger partial charge in [-0.25, -0.2) is 4.39 Å². The lowest BCUT2D eigenvalue weighted by atomic mass is 9.79. The van der Waals surface area contributed by atoms with E-state index < -0.39 is 23.6 Å². The highest BCUT2D eigenvalue weighted by Gasteiger charge is 2.40. The molecule has 1 heterocycles. The molecule has 2 unspecified atom stereocenters. The molecule has 1 aliphatic rings. The monoisotopic (exact) mass is 339 g/mol. The summed E-state index contributed by atoms with van der Waals surface area (Å²) in [5.41, 5.74) is 1.41. The van der Waals surface area contributed by atoms with Gasteiger partial charge in [0.15, 0.2) is 0 Å². The maximum atomic E-state index is 14.2. The molecule has 5 heteroatoms. The van der Waals surface area contributed by atoms with Crippen molar-refractivity contribution in [1.29, 1.82) is 0 Å². The van der Waals surface area contributed by atoms with Crippen LogP contribution < -0.4 is 5.32 Å². The Hall–Kier alpha value is -2.95. The largest absolute Gasteiger partial charge is 0.460 e. The number of nitrogens with one attached hydrogen (secondary N) is 1. The SMILES string of the molecule is C=C1NC(=O)CC(c2ccccc2F)C1C(=O)OCc1ccccc1. The smallest absolute Gasteiger partial charge is 0.315 e. The third-order valence-electron chi connectivity index (χ3n) is 4.27. The van der Waals surface area contributed by atoms with Crippen molar-refractivity contribution < 1.29 is 18.7 Å². The summed E-state index contributed by atoms with van der Waals surface area (Å²) >= 11 is 0. The standard InChI is InChI=1S/C20H18FNO3/c1-13-19(20(24)25-12-14-7-3-2-4-8-14)16(11-18(23)22-13)15-9-5-6-10-17(15)21/h2-10,16,19H,1,11-12H2,(H,22,23). The summed E-state index contributed by atoms with van der Waals surface area (Å²) in [5, 5.41) is 2.57. The summed E-state index contributed by atoms with van der Waals surface area (Å²) in [6, 6.07) is 15.4. The number of carbonyl (C=O) groups excluding carboxylic acids is 2. The Kier molecular flexibility index (Phi) is 4.93. The maximum Gasteiger partial charge on any atom is 0.315 e. The van der Waals surface area contributed by atoms with Crippen molar-refractivity contribution in [1.82, 2.24) is 5.32 Å². The lowest BCUT2D eigenvalue weighted by molar-refractivity contribution is -0.150. The molecule has 1 aliphatic heterocycles. The second-order valence-electron chi connectivity index (χ2n) is 5.98. The average Bonchev–Trinajstić information content (AvgIpc) is 2.60. The molecule has 2 aromatic rings. The molecule has 0 spiro atoms. The number of carbonyl (C=O) groups is 2. The van der Waals surface area contributed by atoms with E-state index in [1.807, 2.05) is 30.3 Å². The van der Waals surface area contributed by atoms with Gasteiger partial charge < -0.3 is 10.1 Å². The van der Waals surface area contributed by atoms with Crippen LogP contribution in [0.1, 0.15) is 23.5 Å². The molecule has 0 saturated carbocycles. The molecule has 128 valence electrons. The van der Waals surface area contributed by atoms with Gasteiger partial charge in [0.05, 0.1) is 0 Å². The van der Waals surface area contributed by atoms with Crippen LogP contribution in [0.4, 0.5) is 4.39 Å². The van der Waals surface area contributed by atoms with Gasteiger partial charge in [-0.3, -0.25) is 9.59 Å². The Morgan fingerprint density at radius 1 is 1.16 bits per heavy atom. The van der Waals surface area contributed by atoms with Gasteiger partial charge in [-0.2, -0.15) is 0 Å². The average molecular weight is 339 g/mol. The molecule has 4 nitrogen and oxygen atoms in total. The molecule has 1 saturated heterocycles. The topological polar surface area (TPSA) is 55.4 Å². The summed E-state index contributed by atoms with van der Waals surface area (Å²) in [6.45, 7) is 3.88. The first-order chi connectivity index (χ1) is 12.1. The zero-order chi connectivity index (χ0) is 17.8. The fourth-order valence-electron chi connectivity index (χ4n) is 3.06. The number of halogens is 1. The number of rotatable bonds is 4. The molecule has 0 aliphatic carbocycles. The van der Waals surface area contributed by atoms with E-state index in [0.717, 1.165) is 5.56 Å². The molecule has 1 N–H and O–H groups in total. The number of ether oxygens (including phenoxy) is 1. The molecular weight excluding hydrogens is 321 g/mol. The summed E-state index contributed by atoms with van der Waals surface area (Å²) < 4.78 is 19.6. The van der Waals surface area contributed by atoms with Crippen LogP contribution in [0.25, 0.3) is 0 Å². The van der Waals surface area contributed by atoms with Gasteiger partial charge in [-0.15, -0.1) is 0 Å². The van der Waals surface area contributed by atoms with Crippen molar-refractivity contribution in [2.24, 2.45) is 5.92 Å². The second kappa shape index (κ2) is 7.30. The van der Waals surface area contributed by atoms with Gasteiger partial charge in [0.1, 0.15) is 18.3 Å². The maximum absolute atomic E-state index is 14.2. The van der Waals surface area contributed by atoms with Crippen LogP contribution in [-0.2, 0) is 20.9 Å². The third-order valence-corrected chi connectivity index (χ3v) is 4.27. The van der Waals surface area contributed by atoms with Crippen LogP contribution in [-0.4, -0.2) is 11.9 Å². The van der Waals surface area contributed by atoms with Crippen molar-refractivity contribution >= 4 is 11.9 Å². The molecule has 1 amide bonds. The van der Waals surface area contributed by atoms with E-state index in [9.17, 15) is 14.0 Å². The van der Waals surface area contributed by atoms with E-state index in [0.29, 0.717) is 5.56 Å². The Bertz CT molecular complexity index is 804. The Morgan fingerprint density at radius 2 is 1.84 bits per heavy atom. The normalized spacial score (nSPS) is 20.0. The van der Waals surface area contributed by atoms with Gasteiger partial charge in [-0.1, -0.05) is 55.1 Å². The van der Waals surface area contributed by atoms with E-state index >= 15 is 0 Å².